The zero-order valence-electron chi connectivity index (χ0n) is 11.6. The summed E-state index contributed by atoms with van der Waals surface area (Å²) in [5.74, 6) is -0.672. The number of hydrogen-bond donors (Lipinski definition) is 2. The first-order valence-electron chi connectivity index (χ1n) is 6.38. The molecule has 19 heavy (non-hydrogen) atoms. The van der Waals surface area contributed by atoms with E-state index in [4.69, 9.17) is 10.5 Å². The standard InChI is InChI=1S/C14H21FN2O2/c1-4-14(5-2,9-16)17-13(18)11-7-6-10(19-3)8-12(11)15/h6-8H,4-5,9,16H2,1-3H3,(H,17,18). The van der Waals surface area contributed by atoms with Gasteiger partial charge in [0.25, 0.3) is 5.91 Å². The maximum absolute atomic E-state index is 13.8. The van der Waals surface area contributed by atoms with Gasteiger partial charge in [-0.1, -0.05) is 13.8 Å². The Bertz CT molecular complexity index is 437. The van der Waals surface area contributed by atoms with Crippen LogP contribution >= 0.6 is 0 Å². The van der Waals surface area contributed by atoms with Crippen LogP contribution in [0.15, 0.2) is 18.2 Å². The number of ether oxygens (including phenoxy) is 1. The molecule has 0 spiro atoms. The number of carbonyl (C=O) groups is 1. The highest BCUT2D eigenvalue weighted by atomic mass is 19.1. The largest absolute Gasteiger partial charge is 0.497 e. The van der Waals surface area contributed by atoms with Gasteiger partial charge in [-0.05, 0) is 25.0 Å². The zero-order valence-corrected chi connectivity index (χ0v) is 11.6. The molecule has 5 heteroatoms. The molecule has 0 saturated heterocycles. The van der Waals surface area contributed by atoms with Crippen molar-refractivity contribution in [2.24, 2.45) is 5.73 Å². The van der Waals surface area contributed by atoms with Crippen LogP contribution in [-0.4, -0.2) is 25.1 Å². The van der Waals surface area contributed by atoms with Crippen LogP contribution in [0.4, 0.5) is 4.39 Å². The monoisotopic (exact) mass is 268 g/mol. The Hall–Kier alpha value is -1.62. The third-order valence-electron chi connectivity index (χ3n) is 3.54. The second-order valence-electron chi connectivity index (χ2n) is 4.49. The fourth-order valence-electron chi connectivity index (χ4n) is 1.88. The summed E-state index contributed by atoms with van der Waals surface area (Å²) in [6.07, 6.45) is 1.40. The highest BCUT2D eigenvalue weighted by Gasteiger charge is 2.27. The van der Waals surface area contributed by atoms with Crippen LogP contribution in [0.1, 0.15) is 37.0 Å². The predicted octanol–water partition coefficient (Wildman–Crippen LogP) is 2.08. The van der Waals surface area contributed by atoms with Gasteiger partial charge in [-0.15, -0.1) is 0 Å². The van der Waals surface area contributed by atoms with Gasteiger partial charge in [-0.25, -0.2) is 4.39 Å². The second-order valence-corrected chi connectivity index (χ2v) is 4.49. The topological polar surface area (TPSA) is 64.3 Å². The first-order valence-corrected chi connectivity index (χ1v) is 6.38. The maximum Gasteiger partial charge on any atom is 0.254 e. The van der Waals surface area contributed by atoms with E-state index in [1.165, 1.54) is 19.2 Å². The highest BCUT2D eigenvalue weighted by molar-refractivity contribution is 5.95. The van der Waals surface area contributed by atoms with Crippen LogP contribution in [0.2, 0.25) is 0 Å². The van der Waals surface area contributed by atoms with E-state index in [1.807, 2.05) is 13.8 Å². The zero-order chi connectivity index (χ0) is 14.5. The van der Waals surface area contributed by atoms with Gasteiger partial charge in [0.1, 0.15) is 11.6 Å². The molecule has 1 aromatic rings. The van der Waals surface area contributed by atoms with Crippen molar-refractivity contribution in [3.8, 4) is 5.75 Å². The number of amides is 1. The van der Waals surface area contributed by atoms with Crippen molar-refractivity contribution in [3.05, 3.63) is 29.6 Å². The Morgan fingerprint density at radius 3 is 2.47 bits per heavy atom. The minimum atomic E-state index is -0.602. The van der Waals surface area contributed by atoms with E-state index in [0.717, 1.165) is 0 Å². The molecule has 0 unspecified atom stereocenters. The Balaban J connectivity index is 2.95. The summed E-state index contributed by atoms with van der Waals surface area (Å²) in [7, 11) is 1.45. The SMILES string of the molecule is CCC(CC)(CN)NC(=O)c1ccc(OC)cc1F. The lowest BCUT2D eigenvalue weighted by atomic mass is 9.92. The summed E-state index contributed by atoms with van der Waals surface area (Å²) in [4.78, 5) is 12.1. The summed E-state index contributed by atoms with van der Waals surface area (Å²) in [6, 6.07) is 4.16. The smallest absolute Gasteiger partial charge is 0.254 e. The van der Waals surface area contributed by atoms with E-state index in [9.17, 15) is 9.18 Å². The Morgan fingerprint density at radius 2 is 2.05 bits per heavy atom. The third-order valence-corrected chi connectivity index (χ3v) is 3.54. The van der Waals surface area contributed by atoms with E-state index >= 15 is 0 Å². The van der Waals surface area contributed by atoms with Crippen molar-refractivity contribution in [2.75, 3.05) is 13.7 Å². The molecule has 106 valence electrons. The van der Waals surface area contributed by atoms with Crippen LogP contribution < -0.4 is 15.8 Å². The van der Waals surface area contributed by atoms with Gasteiger partial charge < -0.3 is 15.8 Å². The number of carbonyl (C=O) groups excluding carboxylic acids is 1. The molecule has 1 aromatic carbocycles. The van der Waals surface area contributed by atoms with Gasteiger partial charge in [0.2, 0.25) is 0 Å². The van der Waals surface area contributed by atoms with Gasteiger partial charge >= 0.3 is 0 Å². The summed E-state index contributed by atoms with van der Waals surface area (Å²) in [6.45, 7) is 4.21. The minimum Gasteiger partial charge on any atom is -0.497 e. The molecular weight excluding hydrogens is 247 g/mol. The lowest BCUT2D eigenvalue weighted by Gasteiger charge is -2.31. The molecule has 3 N–H and O–H groups in total. The minimum absolute atomic E-state index is 0.000486. The number of methoxy groups -OCH3 is 1. The summed E-state index contributed by atoms with van der Waals surface area (Å²) in [5.41, 5.74) is 5.23. The van der Waals surface area contributed by atoms with Gasteiger partial charge in [0, 0.05) is 12.6 Å². The first kappa shape index (κ1) is 15.4. The average Bonchev–Trinajstić information content (AvgIpc) is 2.44. The fourth-order valence-corrected chi connectivity index (χ4v) is 1.88. The number of nitrogens with two attached hydrogens (primary N) is 1. The molecule has 0 saturated carbocycles. The van der Waals surface area contributed by atoms with Crippen LogP contribution in [0, 0.1) is 5.82 Å². The highest BCUT2D eigenvalue weighted by Crippen LogP contribution is 2.19. The molecular formula is C14H21FN2O2. The molecule has 0 aromatic heterocycles. The van der Waals surface area contributed by atoms with Crippen molar-refractivity contribution >= 4 is 5.91 Å². The molecule has 1 rings (SSSR count). The fraction of sp³-hybridized carbons (Fsp3) is 0.500. The quantitative estimate of drug-likeness (QED) is 0.830. The van der Waals surface area contributed by atoms with Gasteiger partial charge in [-0.3, -0.25) is 4.79 Å². The molecule has 1 amide bonds. The molecule has 0 fully saturated rings. The van der Waals surface area contributed by atoms with Crippen LogP contribution in [0.5, 0.6) is 5.75 Å². The van der Waals surface area contributed by atoms with Gasteiger partial charge in [-0.2, -0.15) is 0 Å². The van der Waals surface area contributed by atoms with E-state index in [1.54, 1.807) is 6.07 Å². The summed E-state index contributed by atoms with van der Waals surface area (Å²) in [5, 5.41) is 2.83. The van der Waals surface area contributed by atoms with E-state index in [0.29, 0.717) is 25.1 Å². The lowest BCUT2D eigenvalue weighted by Crippen LogP contribution is -2.53. The number of nitrogens with one attached hydrogen (secondary N) is 1. The van der Waals surface area contributed by atoms with Gasteiger partial charge in [0.15, 0.2) is 0 Å². The third kappa shape index (κ3) is 3.44. The summed E-state index contributed by atoms with van der Waals surface area (Å²) >= 11 is 0. The van der Waals surface area contributed by atoms with Crippen LogP contribution in [-0.2, 0) is 0 Å². The molecule has 0 atom stereocenters. The number of halogens is 1. The second kappa shape index (κ2) is 6.52. The lowest BCUT2D eigenvalue weighted by molar-refractivity contribution is 0.0891. The van der Waals surface area contributed by atoms with Crippen LogP contribution in [0.25, 0.3) is 0 Å². The summed E-state index contributed by atoms with van der Waals surface area (Å²) < 4.78 is 18.7. The maximum atomic E-state index is 13.8. The number of rotatable bonds is 6. The molecule has 4 nitrogen and oxygen atoms in total. The molecule has 0 aliphatic rings. The molecule has 0 heterocycles. The normalized spacial score (nSPS) is 11.2. The average molecular weight is 268 g/mol. The first-order chi connectivity index (χ1) is 9.01. The van der Waals surface area contributed by atoms with Crippen molar-refractivity contribution in [1.82, 2.24) is 5.32 Å². The van der Waals surface area contributed by atoms with Crippen molar-refractivity contribution in [3.63, 3.8) is 0 Å². The molecule has 0 aliphatic carbocycles. The van der Waals surface area contributed by atoms with Crippen LogP contribution in [0.3, 0.4) is 0 Å². The van der Waals surface area contributed by atoms with Crippen molar-refractivity contribution < 1.29 is 13.9 Å². The predicted molar refractivity (Wildman–Crippen MR) is 72.8 cm³/mol. The Morgan fingerprint density at radius 1 is 1.42 bits per heavy atom. The molecule has 0 radical (unpaired) electrons. The van der Waals surface area contributed by atoms with E-state index < -0.39 is 17.3 Å². The van der Waals surface area contributed by atoms with E-state index in [2.05, 4.69) is 5.32 Å². The molecule has 0 bridgehead atoms. The van der Waals surface area contributed by atoms with E-state index in [-0.39, 0.29) is 5.56 Å². The number of benzene rings is 1. The van der Waals surface area contributed by atoms with Crippen molar-refractivity contribution in [2.45, 2.75) is 32.2 Å². The molecule has 0 aliphatic heterocycles. The Kier molecular flexibility index (Phi) is 5.30. The Labute approximate surface area is 113 Å². The van der Waals surface area contributed by atoms with Crippen molar-refractivity contribution in [1.29, 1.82) is 0 Å². The van der Waals surface area contributed by atoms with Gasteiger partial charge in [0.05, 0.1) is 18.2 Å². The number of hydrogen-bond acceptors (Lipinski definition) is 3.